The van der Waals surface area contributed by atoms with Gasteiger partial charge in [0.2, 0.25) is 0 Å². The lowest BCUT2D eigenvalue weighted by molar-refractivity contribution is -0.255. The van der Waals surface area contributed by atoms with E-state index in [1.807, 2.05) is 0 Å². The fourth-order valence-electron chi connectivity index (χ4n) is 1.83. The third kappa shape index (κ3) is 1.67. The molecule has 6 nitrogen and oxygen atoms in total. The Hall–Kier alpha value is -2.50. The fraction of sp³-hybridized carbons (Fsp3) is 0.167. The smallest absolute Gasteiger partial charge is 0.162 e. The number of methoxy groups -OCH3 is 2. The number of hydrogen-bond donors (Lipinski definition) is 1. The Balaban J connectivity index is 2.81. The molecule has 1 aromatic heterocycles. The molecule has 0 aliphatic heterocycles. The Morgan fingerprint density at radius 2 is 1.89 bits per heavy atom. The van der Waals surface area contributed by atoms with Gasteiger partial charge in [0.15, 0.2) is 17.8 Å². The minimum absolute atomic E-state index is 0.0333. The van der Waals surface area contributed by atoms with Gasteiger partial charge >= 0.3 is 0 Å². The first-order valence-electron chi connectivity index (χ1n) is 5.06. The van der Waals surface area contributed by atoms with Gasteiger partial charge in [0.05, 0.1) is 31.4 Å². The van der Waals surface area contributed by atoms with E-state index >= 15 is 0 Å². The summed E-state index contributed by atoms with van der Waals surface area (Å²) in [6.07, 6.45) is 0.468. The largest absolute Gasteiger partial charge is 0.543 e. The number of ether oxygens (including phenoxy) is 2. The number of rotatable bonds is 4. The summed E-state index contributed by atoms with van der Waals surface area (Å²) in [5, 5.41) is 11.3. The predicted octanol–water partition coefficient (Wildman–Crippen LogP) is 0.361. The van der Waals surface area contributed by atoms with Gasteiger partial charge in [-0.25, -0.2) is 0 Å². The minimum Gasteiger partial charge on any atom is -0.543 e. The third-order valence-corrected chi connectivity index (χ3v) is 2.66. The van der Waals surface area contributed by atoms with Crippen molar-refractivity contribution in [3.63, 3.8) is 0 Å². The van der Waals surface area contributed by atoms with Crippen molar-refractivity contribution in [3.8, 4) is 11.5 Å². The zero-order valence-corrected chi connectivity index (χ0v) is 9.77. The molecule has 0 radical (unpaired) electrons. The number of hydrogen-bond acceptors (Lipinski definition) is 5. The SMILES string of the molecule is COc1cc2[nH]c(C(=O)[O-])c(C=O)c2cc1OC. The molecular formula is C12H10NO5-. The van der Waals surface area contributed by atoms with Crippen molar-refractivity contribution >= 4 is 23.2 Å². The molecule has 2 aromatic rings. The molecule has 1 N–H and O–H groups in total. The second-order valence-electron chi connectivity index (χ2n) is 3.57. The van der Waals surface area contributed by atoms with Crippen LogP contribution in [0.1, 0.15) is 20.8 Å². The number of aromatic amines is 1. The maximum Gasteiger partial charge on any atom is 0.162 e. The summed E-state index contributed by atoms with van der Waals surface area (Å²) in [5.74, 6) is -0.586. The lowest BCUT2D eigenvalue weighted by atomic mass is 10.1. The number of carbonyl (C=O) groups excluding carboxylic acids is 2. The highest BCUT2D eigenvalue weighted by molar-refractivity contribution is 6.07. The van der Waals surface area contributed by atoms with E-state index in [4.69, 9.17) is 9.47 Å². The molecule has 0 fully saturated rings. The van der Waals surface area contributed by atoms with Crippen molar-refractivity contribution in [2.75, 3.05) is 14.2 Å². The van der Waals surface area contributed by atoms with E-state index in [1.165, 1.54) is 14.2 Å². The quantitative estimate of drug-likeness (QED) is 0.789. The first kappa shape index (κ1) is 12.0. The summed E-state index contributed by atoms with van der Waals surface area (Å²) in [4.78, 5) is 24.5. The monoisotopic (exact) mass is 248 g/mol. The molecule has 0 aliphatic rings. The van der Waals surface area contributed by atoms with Crippen LogP contribution in [0.5, 0.6) is 11.5 Å². The summed E-state index contributed by atoms with van der Waals surface area (Å²) < 4.78 is 10.2. The molecule has 0 saturated heterocycles. The Kier molecular flexibility index (Phi) is 2.93. The van der Waals surface area contributed by atoms with E-state index in [9.17, 15) is 14.7 Å². The topological polar surface area (TPSA) is 91.5 Å². The summed E-state index contributed by atoms with van der Waals surface area (Å²) in [6.45, 7) is 0. The predicted molar refractivity (Wildman–Crippen MR) is 61.1 cm³/mol. The van der Waals surface area contributed by atoms with Crippen molar-refractivity contribution < 1.29 is 24.2 Å². The van der Waals surface area contributed by atoms with Crippen LogP contribution in [0.25, 0.3) is 10.9 Å². The number of aromatic carboxylic acids is 1. The van der Waals surface area contributed by atoms with Crippen molar-refractivity contribution in [3.05, 3.63) is 23.4 Å². The second kappa shape index (κ2) is 4.40. The van der Waals surface area contributed by atoms with Crippen LogP contribution in [-0.4, -0.2) is 31.5 Å². The molecule has 2 rings (SSSR count). The summed E-state index contributed by atoms with van der Waals surface area (Å²) in [5.41, 5.74) is 0.246. The molecule has 0 unspecified atom stereocenters. The minimum atomic E-state index is -1.44. The first-order chi connectivity index (χ1) is 8.62. The Bertz CT molecular complexity index is 629. The molecule has 94 valence electrons. The standard InChI is InChI=1S/C12H11NO5/c1-17-9-3-6-7(5-14)11(12(15)16)13-8(6)4-10(9)18-2/h3-5,13H,1-2H3,(H,15,16)/p-1. The van der Waals surface area contributed by atoms with Crippen molar-refractivity contribution in [1.29, 1.82) is 0 Å². The fourth-order valence-corrected chi connectivity index (χ4v) is 1.83. The van der Waals surface area contributed by atoms with Crippen LogP contribution in [0.4, 0.5) is 0 Å². The Morgan fingerprint density at radius 1 is 1.28 bits per heavy atom. The second-order valence-corrected chi connectivity index (χ2v) is 3.57. The molecule has 0 spiro atoms. The summed E-state index contributed by atoms with van der Waals surface area (Å²) >= 11 is 0. The molecule has 6 heteroatoms. The van der Waals surface area contributed by atoms with Gasteiger partial charge in [0.25, 0.3) is 0 Å². The maximum absolute atomic E-state index is 11.0. The zero-order valence-electron chi connectivity index (χ0n) is 9.77. The maximum atomic E-state index is 11.0. The van der Waals surface area contributed by atoms with Gasteiger partial charge in [-0.3, -0.25) is 4.79 Å². The van der Waals surface area contributed by atoms with Crippen molar-refractivity contribution in [2.24, 2.45) is 0 Å². The van der Waals surface area contributed by atoms with Crippen LogP contribution < -0.4 is 14.6 Å². The number of fused-ring (bicyclic) bond motifs is 1. The van der Waals surface area contributed by atoms with Gasteiger partial charge in [-0.2, -0.15) is 0 Å². The van der Waals surface area contributed by atoms with E-state index in [0.29, 0.717) is 28.7 Å². The van der Waals surface area contributed by atoms with Gasteiger partial charge in [-0.05, 0) is 6.07 Å². The number of nitrogens with one attached hydrogen (secondary N) is 1. The van der Waals surface area contributed by atoms with Crippen LogP contribution in [-0.2, 0) is 0 Å². The van der Waals surface area contributed by atoms with Crippen molar-refractivity contribution in [1.82, 2.24) is 4.98 Å². The van der Waals surface area contributed by atoms with Crippen LogP contribution in [0.2, 0.25) is 0 Å². The number of carboxylic acids is 1. The normalized spacial score (nSPS) is 10.3. The first-order valence-corrected chi connectivity index (χ1v) is 5.06. The van der Waals surface area contributed by atoms with Crippen LogP contribution in [0, 0.1) is 0 Å². The highest BCUT2D eigenvalue weighted by Crippen LogP contribution is 2.34. The van der Waals surface area contributed by atoms with Crippen LogP contribution >= 0.6 is 0 Å². The lowest BCUT2D eigenvalue weighted by Gasteiger charge is -2.07. The van der Waals surface area contributed by atoms with Gasteiger partial charge in [0.1, 0.15) is 0 Å². The van der Waals surface area contributed by atoms with Gasteiger partial charge in [0, 0.05) is 17.0 Å². The van der Waals surface area contributed by atoms with Crippen LogP contribution in [0.15, 0.2) is 12.1 Å². The molecule has 0 amide bonds. The van der Waals surface area contributed by atoms with Gasteiger partial charge < -0.3 is 24.4 Å². The molecule has 0 saturated carbocycles. The molecule has 0 atom stereocenters. The lowest BCUT2D eigenvalue weighted by Crippen LogP contribution is -2.23. The number of carbonyl (C=O) groups is 2. The Morgan fingerprint density at radius 3 is 2.39 bits per heavy atom. The summed E-state index contributed by atoms with van der Waals surface area (Å²) in [7, 11) is 2.92. The molecule has 18 heavy (non-hydrogen) atoms. The molecule has 0 bridgehead atoms. The molecule has 0 aliphatic carbocycles. The van der Waals surface area contributed by atoms with E-state index in [0.717, 1.165) is 0 Å². The summed E-state index contributed by atoms with van der Waals surface area (Å²) in [6, 6.07) is 3.11. The average molecular weight is 248 g/mol. The average Bonchev–Trinajstić information content (AvgIpc) is 2.74. The molecule has 1 heterocycles. The number of H-pyrrole nitrogens is 1. The van der Waals surface area contributed by atoms with Crippen LogP contribution in [0.3, 0.4) is 0 Å². The highest BCUT2D eigenvalue weighted by Gasteiger charge is 2.15. The highest BCUT2D eigenvalue weighted by atomic mass is 16.5. The third-order valence-electron chi connectivity index (χ3n) is 2.66. The van der Waals surface area contributed by atoms with Crippen molar-refractivity contribution in [2.45, 2.75) is 0 Å². The van der Waals surface area contributed by atoms with E-state index < -0.39 is 5.97 Å². The van der Waals surface area contributed by atoms with E-state index in [-0.39, 0.29) is 11.3 Å². The van der Waals surface area contributed by atoms with E-state index in [1.54, 1.807) is 12.1 Å². The Labute approximate surface area is 102 Å². The number of aldehydes is 1. The van der Waals surface area contributed by atoms with Gasteiger partial charge in [-0.15, -0.1) is 0 Å². The number of benzene rings is 1. The van der Waals surface area contributed by atoms with Gasteiger partial charge in [-0.1, -0.05) is 0 Å². The number of carboxylic acid groups (broad SMARTS) is 1. The zero-order chi connectivity index (χ0) is 13.3. The molecular weight excluding hydrogens is 238 g/mol. The number of aromatic nitrogens is 1. The molecule has 1 aromatic carbocycles. The van der Waals surface area contributed by atoms with E-state index in [2.05, 4.69) is 4.98 Å².